The van der Waals surface area contributed by atoms with Crippen LogP contribution in [0.2, 0.25) is 0 Å². The number of rotatable bonds is 8. The Morgan fingerprint density at radius 2 is 1.97 bits per heavy atom. The smallest absolute Gasteiger partial charge is 0.326 e. The van der Waals surface area contributed by atoms with E-state index in [0.717, 1.165) is 17.1 Å². The average Bonchev–Trinajstić information content (AvgIpc) is 3.16. The summed E-state index contributed by atoms with van der Waals surface area (Å²) >= 11 is 1.41. The molecule has 0 unspecified atom stereocenters. The van der Waals surface area contributed by atoms with Crippen LogP contribution in [-0.2, 0) is 0 Å². The SMILES string of the molecule is COc1cc(-c2nc(NC(=O)Nc3cccc(OCCN(C)C)n3)cs2)ccn1. The number of carbonyl (C=O) groups is 1. The van der Waals surface area contributed by atoms with Crippen molar-refractivity contribution in [2.45, 2.75) is 0 Å². The molecule has 10 heteroatoms. The summed E-state index contributed by atoms with van der Waals surface area (Å²) in [5, 5.41) is 7.89. The third kappa shape index (κ3) is 6.13. The Kier molecular flexibility index (Phi) is 6.93. The molecule has 29 heavy (non-hydrogen) atoms. The fraction of sp³-hybridized carbons (Fsp3) is 0.263. The highest BCUT2D eigenvalue weighted by molar-refractivity contribution is 7.13. The Labute approximate surface area is 172 Å². The number of nitrogens with one attached hydrogen (secondary N) is 2. The molecule has 0 fully saturated rings. The van der Waals surface area contributed by atoms with Crippen LogP contribution in [0.15, 0.2) is 41.9 Å². The van der Waals surface area contributed by atoms with Gasteiger partial charge in [0.15, 0.2) is 0 Å². The molecule has 0 atom stereocenters. The van der Waals surface area contributed by atoms with Crippen LogP contribution in [0.25, 0.3) is 10.6 Å². The fourth-order valence-corrected chi connectivity index (χ4v) is 3.03. The minimum Gasteiger partial charge on any atom is -0.481 e. The molecule has 0 radical (unpaired) electrons. The summed E-state index contributed by atoms with van der Waals surface area (Å²) in [5.41, 5.74) is 0.861. The summed E-state index contributed by atoms with van der Waals surface area (Å²) < 4.78 is 10.7. The van der Waals surface area contributed by atoms with Gasteiger partial charge < -0.3 is 14.4 Å². The maximum absolute atomic E-state index is 12.3. The zero-order valence-electron chi connectivity index (χ0n) is 16.4. The highest BCUT2D eigenvalue weighted by Crippen LogP contribution is 2.27. The number of hydrogen-bond acceptors (Lipinski definition) is 8. The van der Waals surface area contributed by atoms with E-state index in [4.69, 9.17) is 9.47 Å². The van der Waals surface area contributed by atoms with Gasteiger partial charge in [0, 0.05) is 35.8 Å². The molecule has 3 aromatic rings. The number of anilines is 2. The topological polar surface area (TPSA) is 102 Å². The lowest BCUT2D eigenvalue weighted by Crippen LogP contribution is -2.21. The standard InChI is InChI=1S/C19H22N6O3S/c1-25(2)9-10-28-16-6-4-5-14(21-16)23-19(26)24-15-12-29-18(22-15)13-7-8-20-17(11-13)27-3/h4-8,11-12H,9-10H2,1-3H3,(H2,21,23,24,26). The summed E-state index contributed by atoms with van der Waals surface area (Å²) in [5.74, 6) is 1.78. The summed E-state index contributed by atoms with van der Waals surface area (Å²) in [4.78, 5) is 27.1. The largest absolute Gasteiger partial charge is 0.481 e. The Bertz CT molecular complexity index is 962. The van der Waals surface area contributed by atoms with E-state index < -0.39 is 6.03 Å². The monoisotopic (exact) mass is 414 g/mol. The quantitative estimate of drug-likeness (QED) is 0.584. The summed E-state index contributed by atoms with van der Waals surface area (Å²) in [6.07, 6.45) is 1.65. The lowest BCUT2D eigenvalue weighted by atomic mass is 10.3. The number of methoxy groups -OCH3 is 1. The number of urea groups is 1. The summed E-state index contributed by atoms with van der Waals surface area (Å²) in [6, 6.07) is 8.38. The van der Waals surface area contributed by atoms with Gasteiger partial charge >= 0.3 is 6.03 Å². The van der Waals surface area contributed by atoms with E-state index in [-0.39, 0.29) is 0 Å². The van der Waals surface area contributed by atoms with Gasteiger partial charge in [-0.05, 0) is 26.2 Å². The molecule has 0 spiro atoms. The van der Waals surface area contributed by atoms with Crippen molar-refractivity contribution in [2.75, 3.05) is 45.0 Å². The van der Waals surface area contributed by atoms with E-state index >= 15 is 0 Å². The van der Waals surface area contributed by atoms with Gasteiger partial charge in [-0.15, -0.1) is 11.3 Å². The molecule has 0 saturated carbocycles. The summed E-state index contributed by atoms with van der Waals surface area (Å²) in [6.45, 7) is 1.28. The van der Waals surface area contributed by atoms with Crippen molar-refractivity contribution in [2.24, 2.45) is 0 Å². The molecular weight excluding hydrogens is 392 g/mol. The van der Waals surface area contributed by atoms with Crippen LogP contribution in [0.4, 0.5) is 16.4 Å². The van der Waals surface area contributed by atoms with Crippen LogP contribution in [0.3, 0.4) is 0 Å². The van der Waals surface area contributed by atoms with Gasteiger partial charge in [0.2, 0.25) is 11.8 Å². The van der Waals surface area contributed by atoms with Crippen molar-refractivity contribution in [1.29, 1.82) is 0 Å². The molecule has 0 aliphatic rings. The van der Waals surface area contributed by atoms with E-state index in [1.807, 2.05) is 25.1 Å². The molecule has 3 aromatic heterocycles. The minimum absolute atomic E-state index is 0.388. The number of nitrogens with zero attached hydrogens (tertiary/aromatic N) is 4. The molecule has 2 amide bonds. The second-order valence-corrected chi connectivity index (χ2v) is 7.07. The molecule has 0 aliphatic carbocycles. The van der Waals surface area contributed by atoms with Crippen LogP contribution in [0.1, 0.15) is 0 Å². The molecule has 0 saturated heterocycles. The van der Waals surface area contributed by atoms with Crippen LogP contribution in [-0.4, -0.2) is 60.2 Å². The van der Waals surface area contributed by atoms with E-state index in [1.165, 1.54) is 11.3 Å². The van der Waals surface area contributed by atoms with E-state index in [9.17, 15) is 4.79 Å². The zero-order valence-corrected chi connectivity index (χ0v) is 17.2. The minimum atomic E-state index is -0.438. The Morgan fingerprint density at radius 3 is 2.76 bits per heavy atom. The zero-order chi connectivity index (χ0) is 20.6. The van der Waals surface area contributed by atoms with Gasteiger partial charge in [-0.25, -0.2) is 14.8 Å². The lowest BCUT2D eigenvalue weighted by Gasteiger charge is -2.11. The first kappa shape index (κ1) is 20.5. The predicted molar refractivity (Wildman–Crippen MR) is 113 cm³/mol. The van der Waals surface area contributed by atoms with Crippen molar-refractivity contribution in [1.82, 2.24) is 19.9 Å². The van der Waals surface area contributed by atoms with Gasteiger partial charge in [-0.1, -0.05) is 6.07 Å². The molecule has 152 valence electrons. The van der Waals surface area contributed by atoms with Crippen molar-refractivity contribution in [3.63, 3.8) is 0 Å². The first-order valence-electron chi connectivity index (χ1n) is 8.82. The van der Waals surface area contributed by atoms with Gasteiger partial charge in [0.25, 0.3) is 0 Å². The highest BCUT2D eigenvalue weighted by atomic mass is 32.1. The van der Waals surface area contributed by atoms with Gasteiger partial charge in [-0.3, -0.25) is 10.6 Å². The van der Waals surface area contributed by atoms with Crippen molar-refractivity contribution in [3.05, 3.63) is 41.9 Å². The second-order valence-electron chi connectivity index (χ2n) is 6.22. The molecule has 9 nitrogen and oxygen atoms in total. The molecule has 3 rings (SSSR count). The number of likely N-dealkylation sites (N-methyl/N-ethyl adjacent to an activating group) is 1. The second kappa shape index (κ2) is 9.80. The third-order valence-electron chi connectivity index (χ3n) is 3.69. The predicted octanol–water partition coefficient (Wildman–Crippen LogP) is 3.19. The fourth-order valence-electron chi connectivity index (χ4n) is 2.28. The normalized spacial score (nSPS) is 10.6. The van der Waals surface area contributed by atoms with Gasteiger partial charge in [0.05, 0.1) is 7.11 Å². The molecule has 0 bridgehead atoms. The number of carbonyl (C=O) groups excluding carboxylic acids is 1. The van der Waals surface area contributed by atoms with Crippen LogP contribution < -0.4 is 20.1 Å². The number of pyridine rings is 2. The first-order valence-corrected chi connectivity index (χ1v) is 9.70. The Morgan fingerprint density at radius 1 is 1.14 bits per heavy atom. The maximum atomic E-state index is 12.3. The highest BCUT2D eigenvalue weighted by Gasteiger charge is 2.10. The number of ether oxygens (including phenoxy) is 2. The number of aromatic nitrogens is 3. The maximum Gasteiger partial charge on any atom is 0.326 e. The average molecular weight is 414 g/mol. The molecule has 0 aliphatic heterocycles. The van der Waals surface area contributed by atoms with Gasteiger partial charge in [0.1, 0.15) is 23.3 Å². The molecule has 3 heterocycles. The number of thiazole rings is 1. The van der Waals surface area contributed by atoms with E-state index in [0.29, 0.717) is 30.0 Å². The first-order chi connectivity index (χ1) is 14.0. The number of amides is 2. The Hall–Kier alpha value is -3.24. The molecular formula is C19H22N6O3S. The van der Waals surface area contributed by atoms with Crippen molar-refractivity contribution in [3.8, 4) is 22.3 Å². The van der Waals surface area contributed by atoms with Gasteiger partial charge in [-0.2, -0.15) is 4.98 Å². The van der Waals surface area contributed by atoms with E-state index in [1.54, 1.807) is 43.0 Å². The Balaban J connectivity index is 1.58. The van der Waals surface area contributed by atoms with Crippen LogP contribution in [0, 0.1) is 0 Å². The number of hydrogen-bond donors (Lipinski definition) is 2. The lowest BCUT2D eigenvalue weighted by molar-refractivity contribution is 0.254. The van der Waals surface area contributed by atoms with Crippen LogP contribution in [0.5, 0.6) is 11.8 Å². The third-order valence-corrected chi connectivity index (χ3v) is 4.58. The van der Waals surface area contributed by atoms with Crippen molar-refractivity contribution >= 4 is 29.0 Å². The molecule has 2 N–H and O–H groups in total. The van der Waals surface area contributed by atoms with E-state index in [2.05, 4.69) is 25.6 Å². The van der Waals surface area contributed by atoms with Crippen LogP contribution >= 0.6 is 11.3 Å². The summed E-state index contributed by atoms with van der Waals surface area (Å²) in [7, 11) is 5.49. The molecule has 0 aromatic carbocycles. The van der Waals surface area contributed by atoms with Crippen molar-refractivity contribution < 1.29 is 14.3 Å².